The van der Waals surface area contributed by atoms with Gasteiger partial charge in [-0.3, -0.25) is 4.99 Å². The van der Waals surface area contributed by atoms with Crippen LogP contribution in [0.2, 0.25) is 0 Å². The molecule has 4 nitrogen and oxygen atoms in total. The van der Waals surface area contributed by atoms with E-state index in [9.17, 15) is 0 Å². The van der Waals surface area contributed by atoms with Gasteiger partial charge in [-0.25, -0.2) is 0 Å². The Kier molecular flexibility index (Phi) is 6.21. The molecule has 1 heterocycles. The molecule has 0 radical (unpaired) electrons. The lowest BCUT2D eigenvalue weighted by atomic mass is 9.97. The minimum atomic E-state index is -0.00265. The van der Waals surface area contributed by atoms with Gasteiger partial charge in [0.15, 0.2) is 0 Å². The van der Waals surface area contributed by atoms with Crippen LogP contribution in [0.4, 0.5) is 0 Å². The van der Waals surface area contributed by atoms with E-state index in [-0.39, 0.29) is 11.1 Å². The molecule has 0 saturated heterocycles. The van der Waals surface area contributed by atoms with Crippen molar-refractivity contribution in [1.29, 1.82) is 0 Å². The molecule has 0 spiro atoms. The van der Waals surface area contributed by atoms with Gasteiger partial charge in [-0.1, -0.05) is 0 Å². The molecule has 116 valence electrons. The highest BCUT2D eigenvalue weighted by Crippen LogP contribution is 2.10. The molecular formula is C16H32N4. The standard InChI is InChI=1S/C16H32N4/c1-13-11-15(3,4)19-10-8-18-14(2)12-16(5,6)20-9-7-17-13/h11,17,19-20H,7-10,12H2,1-6H3/b13-11+,18-14?. The summed E-state index contributed by atoms with van der Waals surface area (Å²) in [5, 5.41) is 10.6. The Balaban J connectivity index is 2.73. The fraction of sp³-hybridized carbons (Fsp3) is 0.812. The van der Waals surface area contributed by atoms with Crippen LogP contribution in [0, 0.1) is 0 Å². The number of hydrogen-bond donors (Lipinski definition) is 3. The fourth-order valence-electron chi connectivity index (χ4n) is 2.69. The zero-order valence-electron chi connectivity index (χ0n) is 14.1. The molecule has 0 unspecified atom stereocenters. The van der Waals surface area contributed by atoms with Crippen molar-refractivity contribution in [2.45, 2.75) is 59.0 Å². The van der Waals surface area contributed by atoms with Gasteiger partial charge in [0.2, 0.25) is 0 Å². The maximum atomic E-state index is 4.67. The van der Waals surface area contributed by atoms with Crippen LogP contribution in [0.3, 0.4) is 0 Å². The molecule has 0 aromatic rings. The fourth-order valence-corrected chi connectivity index (χ4v) is 2.69. The van der Waals surface area contributed by atoms with E-state index in [0.29, 0.717) is 0 Å². The maximum Gasteiger partial charge on any atom is 0.0513 e. The summed E-state index contributed by atoms with van der Waals surface area (Å²) in [7, 11) is 0. The highest BCUT2D eigenvalue weighted by Gasteiger charge is 2.18. The Morgan fingerprint density at radius 2 is 1.70 bits per heavy atom. The van der Waals surface area contributed by atoms with Crippen LogP contribution >= 0.6 is 0 Å². The van der Waals surface area contributed by atoms with Gasteiger partial charge >= 0.3 is 0 Å². The van der Waals surface area contributed by atoms with Crippen molar-refractivity contribution >= 4 is 5.71 Å². The molecule has 0 aliphatic carbocycles. The summed E-state index contributed by atoms with van der Waals surface area (Å²) in [5.74, 6) is 0. The van der Waals surface area contributed by atoms with E-state index in [1.165, 1.54) is 11.4 Å². The van der Waals surface area contributed by atoms with Crippen molar-refractivity contribution < 1.29 is 0 Å². The van der Waals surface area contributed by atoms with E-state index in [2.05, 4.69) is 68.6 Å². The zero-order chi connectivity index (χ0) is 15.2. The molecule has 20 heavy (non-hydrogen) atoms. The summed E-state index contributed by atoms with van der Waals surface area (Å²) in [6.07, 6.45) is 3.24. The summed E-state index contributed by atoms with van der Waals surface area (Å²) in [6, 6.07) is 0. The van der Waals surface area contributed by atoms with Crippen LogP contribution in [-0.4, -0.2) is 43.0 Å². The second kappa shape index (κ2) is 7.23. The second-order valence-electron chi connectivity index (χ2n) is 7.01. The molecule has 0 saturated carbocycles. The van der Waals surface area contributed by atoms with Crippen LogP contribution in [0.1, 0.15) is 48.0 Å². The average Bonchev–Trinajstić information content (AvgIpc) is 2.28. The summed E-state index contributed by atoms with van der Waals surface area (Å²) in [5.41, 5.74) is 2.54. The summed E-state index contributed by atoms with van der Waals surface area (Å²) in [6.45, 7) is 16.8. The Hall–Kier alpha value is -0.870. The second-order valence-corrected chi connectivity index (χ2v) is 7.01. The lowest BCUT2D eigenvalue weighted by Gasteiger charge is -2.28. The van der Waals surface area contributed by atoms with Gasteiger partial charge in [0, 0.05) is 48.5 Å². The molecule has 0 atom stereocenters. The van der Waals surface area contributed by atoms with Gasteiger partial charge in [0.1, 0.15) is 0 Å². The predicted molar refractivity (Wildman–Crippen MR) is 88.5 cm³/mol. The van der Waals surface area contributed by atoms with Gasteiger partial charge in [-0.15, -0.1) is 0 Å². The van der Waals surface area contributed by atoms with Crippen molar-refractivity contribution in [1.82, 2.24) is 16.0 Å². The molecule has 0 bridgehead atoms. The predicted octanol–water partition coefficient (Wildman–Crippen LogP) is 2.08. The molecule has 1 aliphatic rings. The van der Waals surface area contributed by atoms with Crippen molar-refractivity contribution in [3.8, 4) is 0 Å². The lowest BCUT2D eigenvalue weighted by molar-refractivity contribution is 0.400. The quantitative estimate of drug-likeness (QED) is 0.637. The van der Waals surface area contributed by atoms with Gasteiger partial charge in [-0.05, 0) is 47.6 Å². The molecule has 4 heteroatoms. The number of nitrogens with one attached hydrogen (secondary N) is 3. The molecule has 1 rings (SSSR count). The summed E-state index contributed by atoms with van der Waals surface area (Å²) >= 11 is 0. The largest absolute Gasteiger partial charge is 0.387 e. The Morgan fingerprint density at radius 1 is 1.00 bits per heavy atom. The van der Waals surface area contributed by atoms with E-state index in [1.54, 1.807) is 0 Å². The third kappa shape index (κ3) is 7.06. The normalized spacial score (nSPS) is 27.5. The maximum absolute atomic E-state index is 4.67. The van der Waals surface area contributed by atoms with Crippen molar-refractivity contribution in [3.63, 3.8) is 0 Å². The van der Waals surface area contributed by atoms with Crippen LogP contribution < -0.4 is 16.0 Å². The van der Waals surface area contributed by atoms with Crippen molar-refractivity contribution in [2.24, 2.45) is 4.99 Å². The SMILES string of the molecule is CC1=NCCNC(C)(C)/C=C(\C)NCCNC(C)(C)C1. The van der Waals surface area contributed by atoms with Gasteiger partial charge in [0.25, 0.3) is 0 Å². The van der Waals surface area contributed by atoms with Crippen LogP contribution in [0.15, 0.2) is 16.8 Å². The molecule has 0 aromatic heterocycles. The lowest BCUT2D eigenvalue weighted by Crippen LogP contribution is -2.44. The molecule has 0 amide bonds. The van der Waals surface area contributed by atoms with Gasteiger partial charge in [-0.2, -0.15) is 0 Å². The number of hydrogen-bond acceptors (Lipinski definition) is 4. The molecule has 0 fully saturated rings. The molecule has 0 aromatic carbocycles. The average molecular weight is 280 g/mol. The molecule has 3 N–H and O–H groups in total. The Labute approximate surface area is 124 Å². The van der Waals surface area contributed by atoms with Crippen molar-refractivity contribution in [2.75, 3.05) is 26.2 Å². The number of rotatable bonds is 0. The smallest absolute Gasteiger partial charge is 0.0513 e. The minimum absolute atomic E-state index is 0.00265. The van der Waals surface area contributed by atoms with Crippen molar-refractivity contribution in [3.05, 3.63) is 11.8 Å². The topological polar surface area (TPSA) is 48.5 Å². The highest BCUT2D eigenvalue weighted by atomic mass is 15.0. The Bertz CT molecular complexity index is 367. The van der Waals surface area contributed by atoms with E-state index < -0.39 is 0 Å². The highest BCUT2D eigenvalue weighted by molar-refractivity contribution is 5.82. The monoisotopic (exact) mass is 280 g/mol. The summed E-state index contributed by atoms with van der Waals surface area (Å²) in [4.78, 5) is 4.67. The third-order valence-electron chi connectivity index (χ3n) is 3.48. The van der Waals surface area contributed by atoms with Crippen LogP contribution in [-0.2, 0) is 0 Å². The van der Waals surface area contributed by atoms with Gasteiger partial charge < -0.3 is 16.0 Å². The molecular weight excluding hydrogens is 248 g/mol. The van der Waals surface area contributed by atoms with E-state index in [0.717, 1.165) is 32.6 Å². The van der Waals surface area contributed by atoms with Crippen LogP contribution in [0.5, 0.6) is 0 Å². The number of aliphatic imine (C=N–C) groups is 1. The zero-order valence-corrected chi connectivity index (χ0v) is 14.1. The van der Waals surface area contributed by atoms with E-state index >= 15 is 0 Å². The first kappa shape index (κ1) is 17.2. The minimum Gasteiger partial charge on any atom is -0.387 e. The van der Waals surface area contributed by atoms with E-state index in [1.807, 2.05) is 0 Å². The Morgan fingerprint density at radius 3 is 2.40 bits per heavy atom. The first-order valence-corrected chi connectivity index (χ1v) is 7.63. The first-order valence-electron chi connectivity index (χ1n) is 7.63. The number of allylic oxidation sites excluding steroid dienone is 1. The number of nitrogens with zero attached hydrogens (tertiary/aromatic N) is 1. The third-order valence-corrected chi connectivity index (χ3v) is 3.48. The van der Waals surface area contributed by atoms with Gasteiger partial charge in [0.05, 0.1) is 6.54 Å². The van der Waals surface area contributed by atoms with Crippen LogP contribution in [0.25, 0.3) is 0 Å². The first-order chi connectivity index (χ1) is 9.20. The van der Waals surface area contributed by atoms with E-state index in [4.69, 9.17) is 0 Å². The molecule has 1 aliphatic heterocycles. The summed E-state index contributed by atoms with van der Waals surface area (Å²) < 4.78 is 0.